The van der Waals surface area contributed by atoms with Crippen molar-refractivity contribution in [1.82, 2.24) is 4.90 Å². The van der Waals surface area contributed by atoms with Crippen LogP contribution in [0.2, 0.25) is 0 Å². The molecule has 6 heteroatoms. The molecule has 0 aliphatic heterocycles. The summed E-state index contributed by atoms with van der Waals surface area (Å²) < 4.78 is 11.1. The first-order chi connectivity index (χ1) is 9.13. The van der Waals surface area contributed by atoms with E-state index in [9.17, 15) is 4.79 Å². The van der Waals surface area contributed by atoms with Crippen molar-refractivity contribution in [2.24, 2.45) is 0 Å². The van der Waals surface area contributed by atoms with E-state index in [-0.39, 0.29) is 5.91 Å². The number of ether oxygens (including phenoxy) is 2. The van der Waals surface area contributed by atoms with Gasteiger partial charge < -0.3 is 14.4 Å². The third-order valence-corrected chi connectivity index (χ3v) is 3.26. The van der Waals surface area contributed by atoms with Gasteiger partial charge in [0.1, 0.15) is 5.75 Å². The number of hydrogen-bond donors (Lipinski definition) is 0. The molecule has 0 unspecified atom stereocenters. The van der Waals surface area contributed by atoms with Gasteiger partial charge >= 0.3 is 0 Å². The van der Waals surface area contributed by atoms with E-state index in [1.165, 1.54) is 0 Å². The molecule has 4 nitrogen and oxygen atoms in total. The van der Waals surface area contributed by atoms with Crippen molar-refractivity contribution in [3.8, 4) is 5.75 Å². The number of benzene rings is 1. The van der Waals surface area contributed by atoms with Crippen LogP contribution in [0.1, 0.15) is 10.4 Å². The Hall–Kier alpha value is -0.780. The fraction of sp³-hybridized carbons (Fsp3) is 0.462. The normalized spacial score (nSPS) is 10.3. The number of nitrogens with zero attached hydrogens (tertiary/aromatic N) is 1. The smallest absolute Gasteiger partial charge is 0.257 e. The van der Waals surface area contributed by atoms with Crippen LogP contribution in [-0.2, 0) is 4.74 Å². The average molecular weight is 351 g/mol. The van der Waals surface area contributed by atoms with Gasteiger partial charge in [0.15, 0.2) is 0 Å². The number of alkyl halides is 1. The van der Waals surface area contributed by atoms with Crippen molar-refractivity contribution in [3.63, 3.8) is 0 Å². The van der Waals surface area contributed by atoms with E-state index in [0.717, 1.165) is 4.47 Å². The van der Waals surface area contributed by atoms with Gasteiger partial charge in [-0.15, -0.1) is 11.6 Å². The van der Waals surface area contributed by atoms with Crippen LogP contribution in [-0.4, -0.2) is 50.6 Å². The van der Waals surface area contributed by atoms with Crippen LogP contribution in [0.3, 0.4) is 0 Å². The van der Waals surface area contributed by atoms with Gasteiger partial charge in [0.2, 0.25) is 0 Å². The van der Waals surface area contributed by atoms with E-state index < -0.39 is 0 Å². The predicted octanol–water partition coefficient (Wildman–Crippen LogP) is 2.79. The van der Waals surface area contributed by atoms with E-state index in [1.807, 2.05) is 6.07 Å². The summed E-state index contributed by atoms with van der Waals surface area (Å²) in [5, 5.41) is 0. The molecule has 0 spiro atoms. The molecule has 0 aliphatic carbocycles. The summed E-state index contributed by atoms with van der Waals surface area (Å²) in [4.78, 5) is 14.1. The summed E-state index contributed by atoms with van der Waals surface area (Å²) in [6.07, 6.45) is 0. The Balaban J connectivity index is 2.94. The number of methoxy groups -OCH3 is 2. The highest BCUT2D eigenvalue weighted by atomic mass is 79.9. The predicted molar refractivity (Wildman–Crippen MR) is 79.2 cm³/mol. The third-order valence-electron chi connectivity index (χ3n) is 2.60. The topological polar surface area (TPSA) is 38.8 Å². The quantitative estimate of drug-likeness (QED) is 0.710. The Morgan fingerprint density at radius 2 is 2.11 bits per heavy atom. The average Bonchev–Trinajstić information content (AvgIpc) is 2.42. The Bertz CT molecular complexity index is 428. The van der Waals surface area contributed by atoms with Gasteiger partial charge in [0, 0.05) is 30.6 Å². The first-order valence-corrected chi connectivity index (χ1v) is 7.14. The van der Waals surface area contributed by atoms with Crippen LogP contribution in [0, 0.1) is 0 Å². The Labute approximate surface area is 126 Å². The molecular weight excluding hydrogens is 334 g/mol. The molecule has 1 amide bonds. The van der Waals surface area contributed by atoms with E-state index in [1.54, 1.807) is 31.3 Å². The van der Waals surface area contributed by atoms with Gasteiger partial charge in [-0.05, 0) is 18.2 Å². The monoisotopic (exact) mass is 349 g/mol. The van der Waals surface area contributed by atoms with Crippen LogP contribution in [0.4, 0.5) is 0 Å². The Kier molecular flexibility index (Phi) is 7.20. The molecule has 19 heavy (non-hydrogen) atoms. The summed E-state index contributed by atoms with van der Waals surface area (Å²) >= 11 is 9.08. The molecule has 0 saturated heterocycles. The van der Waals surface area contributed by atoms with Gasteiger partial charge in [-0.3, -0.25) is 4.79 Å². The van der Waals surface area contributed by atoms with Crippen LogP contribution >= 0.6 is 27.5 Å². The molecule has 0 aliphatic rings. The number of halogens is 2. The number of carbonyl (C=O) groups excluding carboxylic acids is 1. The van der Waals surface area contributed by atoms with Crippen molar-refractivity contribution < 1.29 is 14.3 Å². The summed E-state index contributed by atoms with van der Waals surface area (Å²) in [7, 11) is 3.14. The molecule has 0 atom stereocenters. The molecule has 1 aromatic carbocycles. The molecule has 1 rings (SSSR count). The fourth-order valence-corrected chi connectivity index (χ4v) is 2.17. The van der Waals surface area contributed by atoms with Crippen molar-refractivity contribution >= 4 is 33.4 Å². The lowest BCUT2D eigenvalue weighted by Crippen LogP contribution is -2.35. The Morgan fingerprint density at radius 1 is 1.37 bits per heavy atom. The number of hydrogen-bond acceptors (Lipinski definition) is 3. The maximum atomic E-state index is 12.4. The van der Waals surface area contributed by atoms with Crippen LogP contribution in [0.25, 0.3) is 0 Å². The van der Waals surface area contributed by atoms with E-state index in [4.69, 9.17) is 21.1 Å². The van der Waals surface area contributed by atoms with Crippen molar-refractivity contribution in [3.05, 3.63) is 28.2 Å². The van der Waals surface area contributed by atoms with Crippen LogP contribution in [0.5, 0.6) is 5.75 Å². The number of rotatable bonds is 7. The van der Waals surface area contributed by atoms with E-state index in [0.29, 0.717) is 36.9 Å². The maximum Gasteiger partial charge on any atom is 0.257 e. The second kappa shape index (κ2) is 8.40. The molecule has 0 radical (unpaired) electrons. The lowest BCUT2D eigenvalue weighted by Gasteiger charge is -2.22. The highest BCUT2D eigenvalue weighted by molar-refractivity contribution is 9.10. The van der Waals surface area contributed by atoms with E-state index >= 15 is 0 Å². The summed E-state index contributed by atoms with van der Waals surface area (Å²) in [5.74, 6) is 0.812. The lowest BCUT2D eigenvalue weighted by molar-refractivity contribution is 0.0704. The van der Waals surface area contributed by atoms with Gasteiger partial charge in [0.05, 0.1) is 19.3 Å². The summed E-state index contributed by atoms with van der Waals surface area (Å²) in [6.45, 7) is 1.45. The number of carbonyl (C=O) groups is 1. The SMILES string of the molecule is COCCN(CCCl)C(=O)c1ccc(Br)cc1OC. The minimum Gasteiger partial charge on any atom is -0.496 e. The highest BCUT2D eigenvalue weighted by Crippen LogP contribution is 2.24. The largest absolute Gasteiger partial charge is 0.496 e. The molecule has 0 saturated carbocycles. The summed E-state index contributed by atoms with van der Waals surface area (Å²) in [5.41, 5.74) is 0.520. The minimum atomic E-state index is -0.109. The van der Waals surface area contributed by atoms with E-state index in [2.05, 4.69) is 15.9 Å². The van der Waals surface area contributed by atoms with Gasteiger partial charge in [-0.2, -0.15) is 0 Å². The van der Waals surface area contributed by atoms with Crippen LogP contribution in [0.15, 0.2) is 22.7 Å². The van der Waals surface area contributed by atoms with Crippen molar-refractivity contribution in [2.45, 2.75) is 0 Å². The molecule has 0 bridgehead atoms. The highest BCUT2D eigenvalue weighted by Gasteiger charge is 2.19. The summed E-state index contributed by atoms with van der Waals surface area (Å²) in [6, 6.07) is 5.31. The fourth-order valence-electron chi connectivity index (χ4n) is 1.63. The molecular formula is C13H17BrClNO3. The van der Waals surface area contributed by atoms with Crippen LogP contribution < -0.4 is 4.74 Å². The maximum absolute atomic E-state index is 12.4. The van der Waals surface area contributed by atoms with Gasteiger partial charge in [-0.25, -0.2) is 0 Å². The van der Waals surface area contributed by atoms with Gasteiger partial charge in [-0.1, -0.05) is 15.9 Å². The minimum absolute atomic E-state index is 0.109. The second-order valence-electron chi connectivity index (χ2n) is 3.82. The molecule has 1 aromatic rings. The molecule has 0 N–H and O–H groups in total. The first kappa shape index (κ1) is 16.3. The second-order valence-corrected chi connectivity index (χ2v) is 5.11. The standard InChI is InChI=1S/C13H17BrClNO3/c1-18-8-7-16(6-5-15)13(17)11-4-3-10(14)9-12(11)19-2/h3-4,9H,5-8H2,1-2H3. The van der Waals surface area contributed by atoms with Crippen molar-refractivity contribution in [1.29, 1.82) is 0 Å². The third kappa shape index (κ3) is 4.67. The zero-order valence-electron chi connectivity index (χ0n) is 11.0. The van der Waals surface area contributed by atoms with Gasteiger partial charge in [0.25, 0.3) is 5.91 Å². The molecule has 0 fully saturated rings. The number of amides is 1. The zero-order chi connectivity index (χ0) is 14.3. The zero-order valence-corrected chi connectivity index (χ0v) is 13.3. The molecule has 0 heterocycles. The first-order valence-electron chi connectivity index (χ1n) is 5.81. The lowest BCUT2D eigenvalue weighted by atomic mass is 10.1. The Morgan fingerprint density at radius 3 is 2.68 bits per heavy atom. The molecule has 106 valence electrons. The molecule has 0 aromatic heterocycles. The van der Waals surface area contributed by atoms with Crippen molar-refractivity contribution in [2.75, 3.05) is 39.8 Å².